The first-order valence-corrected chi connectivity index (χ1v) is 12.7. The summed E-state index contributed by atoms with van der Waals surface area (Å²) in [5, 5.41) is 9.35. The quantitative estimate of drug-likeness (QED) is 0.295. The number of anilines is 1. The van der Waals surface area contributed by atoms with Crippen molar-refractivity contribution in [1.82, 2.24) is 24.5 Å². The van der Waals surface area contributed by atoms with Crippen LogP contribution in [0.1, 0.15) is 49.5 Å². The fourth-order valence-corrected chi connectivity index (χ4v) is 4.45. The Kier molecular flexibility index (Phi) is 6.70. The molecule has 36 heavy (non-hydrogen) atoms. The number of halogens is 2. The first-order valence-electron chi connectivity index (χ1n) is 11.9. The first kappa shape index (κ1) is 24.3. The first-order chi connectivity index (χ1) is 17.3. The van der Waals surface area contributed by atoms with Crippen LogP contribution in [0, 0.1) is 5.82 Å². The van der Waals surface area contributed by atoms with Crippen LogP contribution in [0.25, 0.3) is 11.3 Å². The molecule has 3 heterocycles. The van der Waals surface area contributed by atoms with Crippen molar-refractivity contribution in [1.29, 1.82) is 0 Å². The van der Waals surface area contributed by atoms with Gasteiger partial charge in [0.15, 0.2) is 11.6 Å². The zero-order valence-corrected chi connectivity index (χ0v) is 22.0. The summed E-state index contributed by atoms with van der Waals surface area (Å²) in [6.45, 7) is 4.66. The maximum atomic E-state index is 14.4. The van der Waals surface area contributed by atoms with Crippen LogP contribution >= 0.6 is 15.9 Å². The standard InChI is InChI=1S/C26H28BrFN6O2/c1-4-34-14-17(26(32-34)36-20-6-7-20)9-16-13-33(3)31-24(16)21-8-5-19(28)11-22(21)15(2)35-23-10-18(27)12-30-25(23)29/h5,8,10-15,20H,4,6-7,9H2,1-3H3,(H2,29,30)/t15-/m1/s1. The maximum Gasteiger partial charge on any atom is 0.236 e. The highest BCUT2D eigenvalue weighted by atomic mass is 79.9. The Hall–Kier alpha value is -3.40. The van der Waals surface area contributed by atoms with E-state index in [0.29, 0.717) is 23.6 Å². The molecule has 2 N–H and O–H groups in total. The molecule has 0 saturated heterocycles. The van der Waals surface area contributed by atoms with E-state index in [-0.39, 0.29) is 17.7 Å². The van der Waals surface area contributed by atoms with E-state index in [4.69, 9.17) is 20.3 Å². The van der Waals surface area contributed by atoms with Gasteiger partial charge in [-0.1, -0.05) is 0 Å². The van der Waals surface area contributed by atoms with Crippen LogP contribution in [-0.4, -0.2) is 30.6 Å². The number of aryl methyl sites for hydroxylation is 2. The van der Waals surface area contributed by atoms with Crippen molar-refractivity contribution in [3.63, 3.8) is 0 Å². The lowest BCUT2D eigenvalue weighted by molar-refractivity contribution is 0.227. The molecule has 1 fully saturated rings. The van der Waals surface area contributed by atoms with E-state index in [9.17, 15) is 4.39 Å². The van der Waals surface area contributed by atoms with Gasteiger partial charge in [0.2, 0.25) is 5.88 Å². The summed E-state index contributed by atoms with van der Waals surface area (Å²) in [5.41, 5.74) is 10.2. The van der Waals surface area contributed by atoms with Gasteiger partial charge in [-0.05, 0) is 66.9 Å². The molecule has 1 aliphatic carbocycles. The van der Waals surface area contributed by atoms with Gasteiger partial charge in [-0.3, -0.25) is 9.36 Å². The van der Waals surface area contributed by atoms with Crippen molar-refractivity contribution in [3.8, 4) is 22.9 Å². The zero-order valence-electron chi connectivity index (χ0n) is 20.4. The summed E-state index contributed by atoms with van der Waals surface area (Å²) in [6, 6.07) is 6.42. The van der Waals surface area contributed by atoms with Crippen molar-refractivity contribution < 1.29 is 13.9 Å². The molecule has 0 aliphatic heterocycles. The molecule has 0 bridgehead atoms. The number of nitrogen functional groups attached to an aromatic ring is 1. The van der Waals surface area contributed by atoms with E-state index in [1.54, 1.807) is 23.0 Å². The molecular formula is C26H28BrFN6O2. The van der Waals surface area contributed by atoms with Gasteiger partial charge in [0.25, 0.3) is 0 Å². The van der Waals surface area contributed by atoms with Gasteiger partial charge < -0.3 is 15.2 Å². The van der Waals surface area contributed by atoms with Gasteiger partial charge in [0, 0.05) is 65.3 Å². The molecule has 4 aromatic rings. The highest BCUT2D eigenvalue weighted by molar-refractivity contribution is 9.10. The summed E-state index contributed by atoms with van der Waals surface area (Å²) in [5.74, 6) is 0.994. The smallest absolute Gasteiger partial charge is 0.236 e. The number of nitrogens with two attached hydrogens (primary N) is 1. The Labute approximate surface area is 217 Å². The lowest BCUT2D eigenvalue weighted by Gasteiger charge is -2.19. The maximum absolute atomic E-state index is 14.4. The van der Waals surface area contributed by atoms with Gasteiger partial charge in [-0.2, -0.15) is 5.10 Å². The number of hydrogen-bond donors (Lipinski definition) is 1. The van der Waals surface area contributed by atoms with Gasteiger partial charge in [0.1, 0.15) is 18.0 Å². The largest absolute Gasteiger partial charge is 0.482 e. The Balaban J connectivity index is 1.50. The fraction of sp³-hybridized carbons (Fsp3) is 0.346. The molecule has 0 radical (unpaired) electrons. The van der Waals surface area contributed by atoms with Crippen LogP contribution < -0.4 is 15.2 Å². The lowest BCUT2D eigenvalue weighted by Crippen LogP contribution is -2.08. The van der Waals surface area contributed by atoms with Crippen molar-refractivity contribution in [2.75, 3.05) is 5.73 Å². The highest BCUT2D eigenvalue weighted by Crippen LogP contribution is 2.36. The van der Waals surface area contributed by atoms with Crippen molar-refractivity contribution in [2.45, 2.75) is 51.9 Å². The third-order valence-electron chi connectivity index (χ3n) is 6.07. The van der Waals surface area contributed by atoms with Crippen LogP contribution in [0.5, 0.6) is 11.6 Å². The number of hydrogen-bond acceptors (Lipinski definition) is 6. The molecule has 10 heteroatoms. The zero-order chi connectivity index (χ0) is 25.4. The van der Waals surface area contributed by atoms with E-state index in [1.807, 2.05) is 38.0 Å². The Morgan fingerprint density at radius 3 is 2.75 bits per heavy atom. The Morgan fingerprint density at radius 1 is 1.19 bits per heavy atom. The van der Waals surface area contributed by atoms with E-state index >= 15 is 0 Å². The summed E-state index contributed by atoms with van der Waals surface area (Å²) in [4.78, 5) is 4.13. The second-order valence-electron chi connectivity index (χ2n) is 9.01. The third kappa shape index (κ3) is 5.23. The van der Waals surface area contributed by atoms with Crippen LogP contribution in [0.15, 0.2) is 47.3 Å². The minimum Gasteiger partial charge on any atom is -0.482 e. The highest BCUT2D eigenvalue weighted by Gasteiger charge is 2.27. The molecule has 188 valence electrons. The number of aromatic nitrogens is 5. The molecule has 0 spiro atoms. The van der Waals surface area contributed by atoms with E-state index in [0.717, 1.165) is 46.2 Å². The normalized spacial score (nSPS) is 14.1. The molecular weight excluding hydrogens is 527 g/mol. The van der Waals surface area contributed by atoms with E-state index < -0.39 is 6.10 Å². The molecule has 0 unspecified atom stereocenters. The van der Waals surface area contributed by atoms with Crippen molar-refractivity contribution >= 4 is 21.7 Å². The molecule has 3 aromatic heterocycles. The molecule has 0 amide bonds. The number of pyridine rings is 1. The predicted molar refractivity (Wildman–Crippen MR) is 138 cm³/mol. The summed E-state index contributed by atoms with van der Waals surface area (Å²) >= 11 is 3.39. The van der Waals surface area contributed by atoms with Crippen LogP contribution in [-0.2, 0) is 20.0 Å². The number of nitrogens with zero attached hydrogens (tertiary/aromatic N) is 5. The topological polar surface area (TPSA) is 93.0 Å². The fourth-order valence-electron chi connectivity index (χ4n) is 4.14. The van der Waals surface area contributed by atoms with Crippen molar-refractivity contribution in [2.24, 2.45) is 7.05 Å². The number of benzene rings is 1. The minimum absolute atomic E-state index is 0.249. The molecule has 1 aliphatic rings. The molecule has 1 saturated carbocycles. The summed E-state index contributed by atoms with van der Waals surface area (Å²) < 4.78 is 31.0. The molecule has 5 rings (SSSR count). The molecule has 1 aromatic carbocycles. The predicted octanol–water partition coefficient (Wildman–Crippen LogP) is 5.45. The van der Waals surface area contributed by atoms with Gasteiger partial charge in [0.05, 0.1) is 5.69 Å². The molecule has 1 atom stereocenters. The van der Waals surface area contributed by atoms with Gasteiger partial charge in [-0.15, -0.1) is 5.10 Å². The second-order valence-corrected chi connectivity index (χ2v) is 9.93. The van der Waals surface area contributed by atoms with Crippen LogP contribution in [0.3, 0.4) is 0 Å². The number of rotatable bonds is 9. The Morgan fingerprint density at radius 2 is 2.00 bits per heavy atom. The SMILES string of the molecule is CCn1cc(Cc2cn(C)nc2-c2ccc(F)cc2[C@@H](C)Oc2cc(Br)cnc2N)c(OC2CC2)n1. The Bertz CT molecular complexity index is 1400. The van der Waals surface area contributed by atoms with Gasteiger partial charge >= 0.3 is 0 Å². The monoisotopic (exact) mass is 554 g/mol. The van der Waals surface area contributed by atoms with Crippen LogP contribution in [0.2, 0.25) is 0 Å². The van der Waals surface area contributed by atoms with Crippen molar-refractivity contribution in [3.05, 3.63) is 69.8 Å². The van der Waals surface area contributed by atoms with E-state index in [1.165, 1.54) is 12.1 Å². The second kappa shape index (κ2) is 9.93. The average Bonchev–Trinajstić information content (AvgIpc) is 3.47. The summed E-state index contributed by atoms with van der Waals surface area (Å²) in [7, 11) is 1.88. The molecule has 8 nitrogen and oxygen atoms in total. The summed E-state index contributed by atoms with van der Waals surface area (Å²) in [6.07, 6.45) is 8.04. The van der Waals surface area contributed by atoms with E-state index in [2.05, 4.69) is 26.0 Å². The third-order valence-corrected chi connectivity index (χ3v) is 6.50. The average molecular weight is 555 g/mol. The lowest BCUT2D eigenvalue weighted by atomic mass is 9.96. The van der Waals surface area contributed by atoms with Crippen LogP contribution in [0.4, 0.5) is 10.2 Å². The van der Waals surface area contributed by atoms with Gasteiger partial charge in [-0.25, -0.2) is 9.37 Å². The minimum atomic E-state index is -0.513. The number of ether oxygens (including phenoxy) is 2.